The van der Waals surface area contributed by atoms with Crippen molar-refractivity contribution in [1.82, 2.24) is 10.2 Å². The molecule has 0 bridgehead atoms. The molecule has 15 heavy (non-hydrogen) atoms. The molecule has 0 saturated heterocycles. The quantitative estimate of drug-likeness (QED) is 0.666. The number of hydrogen-bond acceptors (Lipinski definition) is 2. The van der Waals surface area contributed by atoms with E-state index in [1.807, 2.05) is 11.9 Å². The number of likely N-dealkylation sites (N-methyl/N-ethyl adjacent to an activating group) is 1. The average molecular weight is 210 g/mol. The van der Waals surface area contributed by atoms with E-state index in [0.717, 1.165) is 6.42 Å². The summed E-state index contributed by atoms with van der Waals surface area (Å²) in [7, 11) is 1.96. The van der Waals surface area contributed by atoms with Crippen molar-refractivity contribution < 1.29 is 4.79 Å². The standard InChI is InChI=1S/C12H22N2O/c1-6-7-13-12(15)9-14(5)11(4)8-10(2)3/h1,10-11H,7-9H2,2-5H3,(H,13,15). The van der Waals surface area contributed by atoms with Gasteiger partial charge in [-0.2, -0.15) is 0 Å². The normalized spacial score (nSPS) is 12.6. The van der Waals surface area contributed by atoms with Crippen molar-refractivity contribution in [2.24, 2.45) is 5.92 Å². The molecule has 0 fully saturated rings. The summed E-state index contributed by atoms with van der Waals surface area (Å²) < 4.78 is 0. The van der Waals surface area contributed by atoms with Crippen LogP contribution in [-0.2, 0) is 4.79 Å². The van der Waals surface area contributed by atoms with Gasteiger partial charge in [0, 0.05) is 6.04 Å². The zero-order valence-corrected chi connectivity index (χ0v) is 10.2. The van der Waals surface area contributed by atoms with E-state index in [-0.39, 0.29) is 5.91 Å². The number of carbonyl (C=O) groups is 1. The Hall–Kier alpha value is -1.01. The van der Waals surface area contributed by atoms with Crippen LogP contribution in [0.1, 0.15) is 27.2 Å². The molecule has 3 heteroatoms. The van der Waals surface area contributed by atoms with Crippen LogP contribution in [0.4, 0.5) is 0 Å². The van der Waals surface area contributed by atoms with Gasteiger partial charge in [0.25, 0.3) is 0 Å². The van der Waals surface area contributed by atoms with Crippen LogP contribution in [0.3, 0.4) is 0 Å². The van der Waals surface area contributed by atoms with Crippen LogP contribution in [0, 0.1) is 18.3 Å². The van der Waals surface area contributed by atoms with Gasteiger partial charge in [0.1, 0.15) is 0 Å². The molecule has 1 atom stereocenters. The lowest BCUT2D eigenvalue weighted by atomic mass is 10.0. The number of terminal acetylenes is 1. The van der Waals surface area contributed by atoms with E-state index in [1.165, 1.54) is 0 Å². The Morgan fingerprint density at radius 2 is 2.07 bits per heavy atom. The summed E-state index contributed by atoms with van der Waals surface area (Å²) in [5.74, 6) is 3.02. The fourth-order valence-corrected chi connectivity index (χ4v) is 1.45. The van der Waals surface area contributed by atoms with E-state index in [9.17, 15) is 4.79 Å². The largest absolute Gasteiger partial charge is 0.344 e. The minimum absolute atomic E-state index is 0.00828. The molecule has 0 aromatic carbocycles. The summed E-state index contributed by atoms with van der Waals surface area (Å²) in [4.78, 5) is 13.4. The lowest BCUT2D eigenvalue weighted by molar-refractivity contribution is -0.122. The number of hydrogen-bond donors (Lipinski definition) is 1. The minimum Gasteiger partial charge on any atom is -0.344 e. The van der Waals surface area contributed by atoms with Gasteiger partial charge in [-0.1, -0.05) is 19.8 Å². The summed E-state index contributed by atoms with van der Waals surface area (Å²) in [5, 5.41) is 2.65. The maximum atomic E-state index is 11.4. The fraction of sp³-hybridized carbons (Fsp3) is 0.750. The molecular weight excluding hydrogens is 188 g/mol. The molecule has 0 rings (SSSR count). The van der Waals surface area contributed by atoms with Gasteiger partial charge in [0.2, 0.25) is 5.91 Å². The van der Waals surface area contributed by atoms with Crippen LogP contribution in [0.15, 0.2) is 0 Å². The van der Waals surface area contributed by atoms with Crippen LogP contribution in [-0.4, -0.2) is 37.0 Å². The molecule has 0 aromatic rings. The Morgan fingerprint density at radius 1 is 1.47 bits per heavy atom. The second-order valence-corrected chi connectivity index (χ2v) is 4.37. The molecule has 0 spiro atoms. The summed E-state index contributed by atoms with van der Waals surface area (Å²) in [5.41, 5.74) is 0. The SMILES string of the molecule is C#CCNC(=O)CN(C)C(C)CC(C)C. The molecule has 0 aromatic heterocycles. The second kappa shape index (κ2) is 7.30. The van der Waals surface area contributed by atoms with Crippen molar-refractivity contribution in [3.05, 3.63) is 0 Å². The molecule has 1 unspecified atom stereocenters. The smallest absolute Gasteiger partial charge is 0.234 e. The van der Waals surface area contributed by atoms with Gasteiger partial charge in [-0.15, -0.1) is 6.42 Å². The first-order valence-electron chi connectivity index (χ1n) is 5.37. The predicted molar refractivity (Wildman–Crippen MR) is 63.4 cm³/mol. The number of carbonyl (C=O) groups excluding carboxylic acids is 1. The van der Waals surface area contributed by atoms with Crippen LogP contribution in [0.25, 0.3) is 0 Å². The molecule has 0 aliphatic carbocycles. The van der Waals surface area contributed by atoms with Crippen molar-refractivity contribution in [2.75, 3.05) is 20.1 Å². The van der Waals surface area contributed by atoms with E-state index < -0.39 is 0 Å². The highest BCUT2D eigenvalue weighted by atomic mass is 16.2. The summed E-state index contributed by atoms with van der Waals surface area (Å²) >= 11 is 0. The zero-order chi connectivity index (χ0) is 11.8. The number of nitrogens with zero attached hydrogens (tertiary/aromatic N) is 1. The molecule has 1 amide bonds. The van der Waals surface area contributed by atoms with E-state index in [2.05, 4.69) is 32.0 Å². The van der Waals surface area contributed by atoms with Gasteiger partial charge in [-0.3, -0.25) is 9.69 Å². The maximum absolute atomic E-state index is 11.4. The number of amides is 1. The molecular formula is C12H22N2O. The number of rotatable bonds is 6. The van der Waals surface area contributed by atoms with Crippen LogP contribution < -0.4 is 5.32 Å². The molecule has 0 aliphatic heterocycles. The maximum Gasteiger partial charge on any atom is 0.234 e. The Labute approximate surface area is 93.2 Å². The van der Waals surface area contributed by atoms with Crippen molar-refractivity contribution >= 4 is 5.91 Å². The monoisotopic (exact) mass is 210 g/mol. The van der Waals surface area contributed by atoms with Gasteiger partial charge in [0.05, 0.1) is 13.1 Å². The first-order valence-corrected chi connectivity index (χ1v) is 5.37. The first kappa shape index (κ1) is 14.0. The van der Waals surface area contributed by atoms with E-state index in [4.69, 9.17) is 6.42 Å². The third-order valence-electron chi connectivity index (χ3n) is 2.35. The van der Waals surface area contributed by atoms with E-state index in [1.54, 1.807) is 0 Å². The van der Waals surface area contributed by atoms with Crippen molar-refractivity contribution in [3.8, 4) is 12.3 Å². The highest BCUT2D eigenvalue weighted by Crippen LogP contribution is 2.08. The summed E-state index contributed by atoms with van der Waals surface area (Å²) in [6, 6.07) is 0.418. The Morgan fingerprint density at radius 3 is 2.53 bits per heavy atom. The highest BCUT2D eigenvalue weighted by molar-refractivity contribution is 5.78. The van der Waals surface area contributed by atoms with Crippen molar-refractivity contribution in [3.63, 3.8) is 0 Å². The lowest BCUT2D eigenvalue weighted by Crippen LogP contribution is -2.40. The van der Waals surface area contributed by atoms with Crippen LogP contribution >= 0.6 is 0 Å². The highest BCUT2D eigenvalue weighted by Gasteiger charge is 2.13. The third kappa shape index (κ3) is 6.98. The van der Waals surface area contributed by atoms with Gasteiger partial charge >= 0.3 is 0 Å². The van der Waals surface area contributed by atoms with Crippen molar-refractivity contribution in [1.29, 1.82) is 0 Å². The topological polar surface area (TPSA) is 32.3 Å². The molecule has 0 saturated carbocycles. The summed E-state index contributed by atoms with van der Waals surface area (Å²) in [6.45, 7) is 7.22. The third-order valence-corrected chi connectivity index (χ3v) is 2.35. The summed E-state index contributed by atoms with van der Waals surface area (Å²) in [6.07, 6.45) is 6.15. The van der Waals surface area contributed by atoms with Crippen LogP contribution in [0.2, 0.25) is 0 Å². The van der Waals surface area contributed by atoms with E-state index in [0.29, 0.717) is 25.0 Å². The Bertz CT molecular complexity index is 230. The molecule has 3 nitrogen and oxygen atoms in total. The number of nitrogens with one attached hydrogen (secondary N) is 1. The zero-order valence-electron chi connectivity index (χ0n) is 10.2. The molecule has 86 valence electrons. The second-order valence-electron chi connectivity index (χ2n) is 4.37. The molecule has 0 heterocycles. The van der Waals surface area contributed by atoms with Crippen molar-refractivity contribution in [2.45, 2.75) is 33.2 Å². The lowest BCUT2D eigenvalue weighted by Gasteiger charge is -2.25. The average Bonchev–Trinajstić information content (AvgIpc) is 2.13. The van der Waals surface area contributed by atoms with E-state index >= 15 is 0 Å². The van der Waals surface area contributed by atoms with Gasteiger partial charge in [0.15, 0.2) is 0 Å². The Kier molecular flexibility index (Phi) is 6.81. The predicted octanol–water partition coefficient (Wildman–Crippen LogP) is 1.10. The van der Waals surface area contributed by atoms with Crippen LogP contribution in [0.5, 0.6) is 0 Å². The molecule has 0 aliphatic rings. The fourth-order valence-electron chi connectivity index (χ4n) is 1.45. The molecule has 1 N–H and O–H groups in total. The molecule has 0 radical (unpaired) electrons. The first-order chi connectivity index (χ1) is 6.97. The van der Waals surface area contributed by atoms with Gasteiger partial charge < -0.3 is 5.32 Å². The van der Waals surface area contributed by atoms with Gasteiger partial charge in [-0.25, -0.2) is 0 Å². The Balaban J connectivity index is 3.86. The minimum atomic E-state index is -0.00828. The van der Waals surface area contributed by atoms with Gasteiger partial charge in [-0.05, 0) is 26.3 Å².